The van der Waals surface area contributed by atoms with E-state index in [0.29, 0.717) is 0 Å². The van der Waals surface area contributed by atoms with Gasteiger partial charge in [0.1, 0.15) is 5.56 Å². The van der Waals surface area contributed by atoms with Crippen molar-refractivity contribution in [1.29, 1.82) is 0 Å². The van der Waals surface area contributed by atoms with E-state index in [9.17, 15) is 14.4 Å². The van der Waals surface area contributed by atoms with Crippen LogP contribution in [0.25, 0.3) is 0 Å². The Morgan fingerprint density at radius 3 is 2.00 bits per heavy atom. The zero-order valence-corrected chi connectivity index (χ0v) is 15.0. The molecule has 6 nitrogen and oxygen atoms in total. The number of carbonyl (C=O) groups excluding carboxylic acids is 1. The Morgan fingerprint density at radius 1 is 0.889 bits per heavy atom. The molecular weight excluding hydrogens is 344 g/mol. The summed E-state index contributed by atoms with van der Waals surface area (Å²) in [7, 11) is 0. The van der Waals surface area contributed by atoms with Gasteiger partial charge in [-0.1, -0.05) is 60.7 Å². The third-order valence-electron chi connectivity index (χ3n) is 4.11. The lowest BCUT2D eigenvalue weighted by Gasteiger charge is -2.13. The van der Waals surface area contributed by atoms with Crippen LogP contribution in [0.15, 0.2) is 76.4 Å². The van der Waals surface area contributed by atoms with Crippen molar-refractivity contribution in [3.63, 3.8) is 0 Å². The summed E-state index contributed by atoms with van der Waals surface area (Å²) >= 11 is 0. The summed E-state index contributed by atoms with van der Waals surface area (Å²) in [5.74, 6) is -0.730. The molecule has 0 spiro atoms. The standard InChI is InChI=1S/C21H20N2O4/c1-2-27-20(25)18-15-22(13-16-9-5-3-6-10-16)21(26)23(19(18)24)14-17-11-7-4-8-12-17/h3-12,15H,2,13-14H2,1H3. The lowest BCUT2D eigenvalue weighted by molar-refractivity contribution is 0.0522. The Bertz CT molecular complexity index is 1040. The Hall–Kier alpha value is -3.41. The quantitative estimate of drug-likeness (QED) is 0.629. The maximum Gasteiger partial charge on any atom is 0.345 e. The minimum Gasteiger partial charge on any atom is -0.462 e. The van der Waals surface area contributed by atoms with Gasteiger partial charge in [-0.15, -0.1) is 0 Å². The average molecular weight is 364 g/mol. The number of carbonyl (C=O) groups is 1. The van der Waals surface area contributed by atoms with Crippen molar-refractivity contribution in [2.45, 2.75) is 20.0 Å². The molecule has 0 saturated carbocycles. The molecule has 0 unspecified atom stereocenters. The second kappa shape index (κ2) is 8.31. The summed E-state index contributed by atoms with van der Waals surface area (Å²) in [4.78, 5) is 37.9. The van der Waals surface area contributed by atoms with E-state index in [1.807, 2.05) is 60.7 Å². The molecular formula is C21H20N2O4. The van der Waals surface area contributed by atoms with E-state index in [1.165, 1.54) is 10.8 Å². The van der Waals surface area contributed by atoms with Crippen molar-refractivity contribution in [1.82, 2.24) is 9.13 Å². The van der Waals surface area contributed by atoms with Crippen molar-refractivity contribution in [3.8, 4) is 0 Å². The smallest absolute Gasteiger partial charge is 0.345 e. The first-order valence-corrected chi connectivity index (χ1v) is 8.69. The molecule has 27 heavy (non-hydrogen) atoms. The second-order valence-corrected chi connectivity index (χ2v) is 6.04. The predicted molar refractivity (Wildman–Crippen MR) is 102 cm³/mol. The van der Waals surface area contributed by atoms with E-state index in [-0.39, 0.29) is 25.3 Å². The van der Waals surface area contributed by atoms with Gasteiger partial charge >= 0.3 is 11.7 Å². The van der Waals surface area contributed by atoms with Crippen molar-refractivity contribution in [2.75, 3.05) is 6.61 Å². The van der Waals surface area contributed by atoms with Gasteiger partial charge in [0.2, 0.25) is 0 Å². The topological polar surface area (TPSA) is 70.3 Å². The van der Waals surface area contributed by atoms with Crippen LogP contribution in [0.4, 0.5) is 0 Å². The molecule has 138 valence electrons. The van der Waals surface area contributed by atoms with Crippen LogP contribution in [0, 0.1) is 0 Å². The molecule has 3 aromatic rings. The maximum absolute atomic E-state index is 12.9. The third-order valence-corrected chi connectivity index (χ3v) is 4.11. The first-order valence-electron chi connectivity index (χ1n) is 8.69. The van der Waals surface area contributed by atoms with E-state index in [2.05, 4.69) is 0 Å². The molecule has 2 aromatic carbocycles. The van der Waals surface area contributed by atoms with E-state index in [4.69, 9.17) is 4.74 Å². The molecule has 1 heterocycles. The summed E-state index contributed by atoms with van der Waals surface area (Å²) in [6.45, 7) is 2.15. The zero-order chi connectivity index (χ0) is 19.2. The van der Waals surface area contributed by atoms with Gasteiger partial charge in [0.15, 0.2) is 0 Å². The van der Waals surface area contributed by atoms with Crippen molar-refractivity contribution < 1.29 is 9.53 Å². The molecule has 0 saturated heterocycles. The number of hydrogen-bond donors (Lipinski definition) is 0. The number of ether oxygens (including phenoxy) is 1. The number of benzene rings is 2. The van der Waals surface area contributed by atoms with Crippen molar-refractivity contribution in [2.24, 2.45) is 0 Å². The van der Waals surface area contributed by atoms with Crippen molar-refractivity contribution in [3.05, 3.63) is 104 Å². The summed E-state index contributed by atoms with van der Waals surface area (Å²) in [6, 6.07) is 18.5. The van der Waals surface area contributed by atoms with Gasteiger partial charge in [0.05, 0.1) is 19.7 Å². The molecule has 1 aromatic heterocycles. The number of aromatic nitrogens is 2. The van der Waals surface area contributed by atoms with Gasteiger partial charge in [-0.2, -0.15) is 0 Å². The lowest BCUT2D eigenvalue weighted by Crippen LogP contribution is -2.43. The van der Waals surface area contributed by atoms with Crippen LogP contribution in [0.1, 0.15) is 28.4 Å². The van der Waals surface area contributed by atoms with Crippen LogP contribution >= 0.6 is 0 Å². The van der Waals surface area contributed by atoms with Gasteiger partial charge in [-0.05, 0) is 18.1 Å². The first-order chi connectivity index (χ1) is 13.1. The Morgan fingerprint density at radius 2 is 1.44 bits per heavy atom. The van der Waals surface area contributed by atoms with Crippen LogP contribution in [0.5, 0.6) is 0 Å². The Kier molecular flexibility index (Phi) is 5.66. The summed E-state index contributed by atoms with van der Waals surface area (Å²) in [5.41, 5.74) is 0.416. The van der Waals surface area contributed by atoms with E-state index in [1.54, 1.807) is 6.92 Å². The minimum absolute atomic E-state index is 0.0839. The van der Waals surface area contributed by atoms with Crippen LogP contribution in [-0.4, -0.2) is 21.7 Å². The maximum atomic E-state index is 12.9. The molecule has 3 rings (SSSR count). The largest absolute Gasteiger partial charge is 0.462 e. The molecule has 0 amide bonds. The highest BCUT2D eigenvalue weighted by Crippen LogP contribution is 2.04. The molecule has 0 aliphatic rings. The monoisotopic (exact) mass is 364 g/mol. The van der Waals surface area contributed by atoms with Crippen molar-refractivity contribution >= 4 is 5.97 Å². The molecule has 0 N–H and O–H groups in total. The van der Waals surface area contributed by atoms with Crippen LogP contribution in [0.3, 0.4) is 0 Å². The number of esters is 1. The van der Waals surface area contributed by atoms with E-state index >= 15 is 0 Å². The molecule has 0 fully saturated rings. The Labute approximate surface area is 156 Å². The number of rotatable bonds is 6. The highest BCUT2D eigenvalue weighted by atomic mass is 16.5. The van der Waals surface area contributed by atoms with E-state index in [0.717, 1.165) is 15.7 Å². The summed E-state index contributed by atoms with van der Waals surface area (Å²) in [5, 5.41) is 0. The highest BCUT2D eigenvalue weighted by molar-refractivity contribution is 5.88. The lowest BCUT2D eigenvalue weighted by atomic mass is 10.2. The van der Waals surface area contributed by atoms with E-state index < -0.39 is 17.2 Å². The third kappa shape index (κ3) is 4.23. The average Bonchev–Trinajstić information content (AvgIpc) is 2.69. The fourth-order valence-corrected chi connectivity index (χ4v) is 2.80. The number of hydrogen-bond acceptors (Lipinski definition) is 4. The minimum atomic E-state index is -0.730. The normalized spacial score (nSPS) is 10.6. The van der Waals surface area contributed by atoms with Gasteiger partial charge < -0.3 is 4.74 Å². The summed E-state index contributed by atoms with van der Waals surface area (Å²) in [6.07, 6.45) is 1.29. The fraction of sp³-hybridized carbons (Fsp3) is 0.190. The molecule has 0 aliphatic carbocycles. The SMILES string of the molecule is CCOC(=O)c1cn(Cc2ccccc2)c(=O)n(Cc2ccccc2)c1=O. The van der Waals surface area contributed by atoms with Gasteiger partial charge in [-0.3, -0.25) is 13.9 Å². The highest BCUT2D eigenvalue weighted by Gasteiger charge is 2.18. The molecule has 0 atom stereocenters. The van der Waals surface area contributed by atoms with Crippen LogP contribution in [-0.2, 0) is 17.8 Å². The van der Waals surface area contributed by atoms with Crippen LogP contribution in [0.2, 0.25) is 0 Å². The summed E-state index contributed by atoms with van der Waals surface area (Å²) < 4.78 is 7.43. The molecule has 0 bridgehead atoms. The molecule has 6 heteroatoms. The van der Waals surface area contributed by atoms with Crippen LogP contribution < -0.4 is 11.2 Å². The predicted octanol–water partition coefficient (Wildman–Crippen LogP) is 2.28. The number of nitrogens with zero attached hydrogens (tertiary/aromatic N) is 2. The second-order valence-electron chi connectivity index (χ2n) is 6.04. The van der Waals surface area contributed by atoms with Gasteiger partial charge in [0, 0.05) is 6.20 Å². The Balaban J connectivity index is 2.11. The molecule has 0 radical (unpaired) electrons. The molecule has 0 aliphatic heterocycles. The zero-order valence-electron chi connectivity index (χ0n) is 15.0. The first kappa shape index (κ1) is 18.4. The fourth-order valence-electron chi connectivity index (χ4n) is 2.80. The van der Waals surface area contributed by atoms with Gasteiger partial charge in [0.25, 0.3) is 5.56 Å². The van der Waals surface area contributed by atoms with Gasteiger partial charge in [-0.25, -0.2) is 9.59 Å².